The molecule has 1 aliphatic heterocycles. The van der Waals surface area contributed by atoms with Crippen LogP contribution < -0.4 is 10.6 Å². The van der Waals surface area contributed by atoms with E-state index in [-0.39, 0.29) is 0 Å². The third-order valence-corrected chi connectivity index (χ3v) is 4.15. The molecule has 1 fully saturated rings. The Labute approximate surface area is 135 Å². The molecule has 0 aromatic heterocycles. The van der Waals surface area contributed by atoms with Crippen molar-refractivity contribution < 1.29 is 0 Å². The van der Waals surface area contributed by atoms with Crippen molar-refractivity contribution in [3.63, 3.8) is 0 Å². The molecule has 1 aliphatic rings. The van der Waals surface area contributed by atoms with Gasteiger partial charge in [-0.2, -0.15) is 0 Å². The van der Waals surface area contributed by atoms with Gasteiger partial charge in [0, 0.05) is 26.7 Å². The average molecular weight is 302 g/mol. The van der Waals surface area contributed by atoms with E-state index in [1.54, 1.807) is 0 Å². The Morgan fingerprint density at radius 1 is 1.27 bits per heavy atom. The van der Waals surface area contributed by atoms with Crippen molar-refractivity contribution in [2.75, 3.05) is 33.2 Å². The molecule has 4 heteroatoms. The van der Waals surface area contributed by atoms with Crippen LogP contribution in [-0.2, 0) is 6.54 Å². The molecule has 1 heterocycles. The fraction of sp³-hybridized carbons (Fsp3) is 0.611. The van der Waals surface area contributed by atoms with Gasteiger partial charge in [-0.3, -0.25) is 4.99 Å². The SMILES string of the molecule is CN=C(NCc1cccc(C)c1)NCC(C)CN1CCCC1. The van der Waals surface area contributed by atoms with Crippen LogP contribution in [0.2, 0.25) is 0 Å². The molecule has 2 N–H and O–H groups in total. The summed E-state index contributed by atoms with van der Waals surface area (Å²) in [5.74, 6) is 1.52. The van der Waals surface area contributed by atoms with Crippen LogP contribution in [0.15, 0.2) is 29.3 Å². The van der Waals surface area contributed by atoms with Crippen molar-refractivity contribution in [2.24, 2.45) is 10.9 Å². The molecular weight excluding hydrogens is 272 g/mol. The molecule has 0 radical (unpaired) electrons. The van der Waals surface area contributed by atoms with Gasteiger partial charge < -0.3 is 15.5 Å². The summed E-state index contributed by atoms with van der Waals surface area (Å²) in [4.78, 5) is 6.87. The van der Waals surface area contributed by atoms with E-state index in [4.69, 9.17) is 0 Å². The molecule has 1 unspecified atom stereocenters. The number of likely N-dealkylation sites (tertiary alicyclic amines) is 1. The molecule has 0 aliphatic carbocycles. The molecule has 1 aromatic carbocycles. The highest BCUT2D eigenvalue weighted by atomic mass is 15.2. The van der Waals surface area contributed by atoms with Gasteiger partial charge in [0.15, 0.2) is 5.96 Å². The van der Waals surface area contributed by atoms with Gasteiger partial charge in [-0.05, 0) is 44.3 Å². The number of benzene rings is 1. The van der Waals surface area contributed by atoms with Gasteiger partial charge in [-0.25, -0.2) is 0 Å². The van der Waals surface area contributed by atoms with Crippen molar-refractivity contribution in [1.29, 1.82) is 0 Å². The van der Waals surface area contributed by atoms with Crippen LogP contribution in [0.3, 0.4) is 0 Å². The third kappa shape index (κ3) is 5.68. The maximum atomic E-state index is 4.31. The van der Waals surface area contributed by atoms with Gasteiger partial charge in [0.1, 0.15) is 0 Å². The topological polar surface area (TPSA) is 39.7 Å². The van der Waals surface area contributed by atoms with Gasteiger partial charge in [0.05, 0.1) is 0 Å². The Hall–Kier alpha value is -1.55. The number of rotatable bonds is 6. The van der Waals surface area contributed by atoms with E-state index in [0.29, 0.717) is 5.92 Å². The van der Waals surface area contributed by atoms with Gasteiger partial charge in [-0.1, -0.05) is 36.8 Å². The first-order chi connectivity index (χ1) is 10.7. The minimum atomic E-state index is 0.635. The molecule has 0 amide bonds. The third-order valence-electron chi connectivity index (χ3n) is 4.15. The molecule has 1 aromatic rings. The highest BCUT2D eigenvalue weighted by Crippen LogP contribution is 2.09. The number of nitrogens with one attached hydrogen (secondary N) is 2. The number of aliphatic imine (C=N–C) groups is 1. The monoisotopic (exact) mass is 302 g/mol. The summed E-state index contributed by atoms with van der Waals surface area (Å²) >= 11 is 0. The summed E-state index contributed by atoms with van der Waals surface area (Å²) < 4.78 is 0. The highest BCUT2D eigenvalue weighted by molar-refractivity contribution is 5.79. The fourth-order valence-corrected chi connectivity index (χ4v) is 2.97. The van der Waals surface area contributed by atoms with Crippen LogP contribution in [0.1, 0.15) is 30.9 Å². The summed E-state index contributed by atoms with van der Waals surface area (Å²) in [5.41, 5.74) is 2.58. The molecule has 0 spiro atoms. The summed E-state index contributed by atoms with van der Waals surface area (Å²) in [7, 11) is 1.83. The normalized spacial score (nSPS) is 17.5. The smallest absolute Gasteiger partial charge is 0.191 e. The van der Waals surface area contributed by atoms with Crippen LogP contribution in [0.5, 0.6) is 0 Å². The Bertz CT molecular complexity index is 478. The van der Waals surface area contributed by atoms with Crippen LogP contribution >= 0.6 is 0 Å². The molecule has 1 saturated heterocycles. The Balaban J connectivity index is 1.70. The molecule has 0 bridgehead atoms. The second-order valence-corrected chi connectivity index (χ2v) is 6.41. The van der Waals surface area contributed by atoms with Gasteiger partial charge >= 0.3 is 0 Å². The summed E-state index contributed by atoms with van der Waals surface area (Å²) in [6, 6.07) is 8.57. The number of nitrogens with zero attached hydrogens (tertiary/aromatic N) is 2. The lowest BCUT2D eigenvalue weighted by Crippen LogP contribution is -2.41. The van der Waals surface area contributed by atoms with E-state index in [1.165, 1.54) is 43.6 Å². The van der Waals surface area contributed by atoms with E-state index in [0.717, 1.165) is 19.0 Å². The second-order valence-electron chi connectivity index (χ2n) is 6.41. The van der Waals surface area contributed by atoms with Crippen LogP contribution in [0, 0.1) is 12.8 Å². The van der Waals surface area contributed by atoms with Crippen molar-refractivity contribution in [3.05, 3.63) is 35.4 Å². The zero-order valence-corrected chi connectivity index (χ0v) is 14.2. The summed E-state index contributed by atoms with van der Waals surface area (Å²) in [6.45, 7) is 9.92. The van der Waals surface area contributed by atoms with Crippen molar-refractivity contribution in [1.82, 2.24) is 15.5 Å². The lowest BCUT2D eigenvalue weighted by atomic mass is 10.1. The largest absolute Gasteiger partial charge is 0.356 e. The van der Waals surface area contributed by atoms with Crippen LogP contribution in [0.25, 0.3) is 0 Å². The minimum Gasteiger partial charge on any atom is -0.356 e. The van der Waals surface area contributed by atoms with Crippen LogP contribution in [0.4, 0.5) is 0 Å². The van der Waals surface area contributed by atoms with Crippen molar-refractivity contribution in [3.8, 4) is 0 Å². The van der Waals surface area contributed by atoms with E-state index in [9.17, 15) is 0 Å². The first kappa shape index (κ1) is 16.8. The molecule has 1 atom stereocenters. The van der Waals surface area contributed by atoms with Gasteiger partial charge in [0.25, 0.3) is 0 Å². The predicted octanol–water partition coefficient (Wildman–Crippen LogP) is 2.39. The van der Waals surface area contributed by atoms with E-state index in [1.807, 2.05) is 7.05 Å². The average Bonchev–Trinajstić information content (AvgIpc) is 3.00. The standard InChI is InChI=1S/C18H30N4/c1-15-7-6-8-17(11-15)13-21-18(19-3)20-12-16(2)14-22-9-4-5-10-22/h6-8,11,16H,4-5,9-10,12-14H2,1-3H3,(H2,19,20,21). The van der Waals surface area contributed by atoms with E-state index >= 15 is 0 Å². The molecule has 2 rings (SSSR count). The van der Waals surface area contributed by atoms with Crippen molar-refractivity contribution >= 4 is 5.96 Å². The zero-order chi connectivity index (χ0) is 15.8. The minimum absolute atomic E-state index is 0.635. The zero-order valence-electron chi connectivity index (χ0n) is 14.2. The summed E-state index contributed by atoms with van der Waals surface area (Å²) in [6.07, 6.45) is 2.72. The van der Waals surface area contributed by atoms with Gasteiger partial charge in [0.2, 0.25) is 0 Å². The molecule has 0 saturated carbocycles. The Morgan fingerprint density at radius 3 is 2.73 bits per heavy atom. The fourth-order valence-electron chi connectivity index (χ4n) is 2.97. The maximum absolute atomic E-state index is 4.31. The van der Waals surface area contributed by atoms with E-state index in [2.05, 4.69) is 58.6 Å². The van der Waals surface area contributed by atoms with Crippen LogP contribution in [-0.4, -0.2) is 44.1 Å². The lowest BCUT2D eigenvalue weighted by molar-refractivity contribution is 0.287. The predicted molar refractivity (Wildman–Crippen MR) is 94.2 cm³/mol. The Kier molecular flexibility index (Phi) is 6.72. The maximum Gasteiger partial charge on any atom is 0.191 e. The molecule has 22 heavy (non-hydrogen) atoms. The Morgan fingerprint density at radius 2 is 2.05 bits per heavy atom. The number of aryl methyl sites for hydroxylation is 1. The highest BCUT2D eigenvalue weighted by Gasteiger charge is 2.14. The quantitative estimate of drug-likeness (QED) is 0.626. The first-order valence-corrected chi connectivity index (χ1v) is 8.40. The second kappa shape index (κ2) is 8.79. The summed E-state index contributed by atoms with van der Waals surface area (Å²) in [5, 5.41) is 6.83. The number of hydrogen-bond acceptors (Lipinski definition) is 2. The van der Waals surface area contributed by atoms with Crippen molar-refractivity contribution in [2.45, 2.75) is 33.2 Å². The van der Waals surface area contributed by atoms with Gasteiger partial charge in [-0.15, -0.1) is 0 Å². The number of guanidine groups is 1. The number of hydrogen-bond donors (Lipinski definition) is 2. The molecular formula is C18H30N4. The molecule has 4 nitrogen and oxygen atoms in total. The molecule has 122 valence electrons. The lowest BCUT2D eigenvalue weighted by Gasteiger charge is -2.21. The van der Waals surface area contributed by atoms with E-state index < -0.39 is 0 Å². The first-order valence-electron chi connectivity index (χ1n) is 8.40.